The number of hydrogen-bond acceptors (Lipinski definition) is 4. The molecule has 3 aliphatic carbocycles. The number of hydrogen-bond donors (Lipinski definition) is 3. The van der Waals surface area contributed by atoms with Gasteiger partial charge in [-0.3, -0.25) is 4.79 Å². The topological polar surface area (TPSA) is 78.8 Å². The van der Waals surface area contributed by atoms with Crippen molar-refractivity contribution < 1.29 is 28.0 Å². The fraction of sp³-hybridized carbons (Fsp3) is 0.536. The number of aliphatic hydroxyl groups is 2. The van der Waals surface area contributed by atoms with Gasteiger partial charge in [-0.05, 0) is 81.4 Å². The van der Waals surface area contributed by atoms with Crippen molar-refractivity contribution in [3.05, 3.63) is 65.7 Å². The van der Waals surface area contributed by atoms with Crippen LogP contribution >= 0.6 is 0 Å². The fourth-order valence-corrected chi connectivity index (χ4v) is 5.25. The third kappa shape index (κ3) is 5.59. The van der Waals surface area contributed by atoms with E-state index >= 15 is 0 Å². The second-order valence-electron chi connectivity index (χ2n) is 9.69. The van der Waals surface area contributed by atoms with Crippen LogP contribution in [0.4, 0.5) is 0 Å². The number of carbonyl (C=O) groups is 1. The molecule has 0 spiro atoms. The highest BCUT2D eigenvalue weighted by Crippen LogP contribution is 2.50. The van der Waals surface area contributed by atoms with Crippen LogP contribution in [0, 0.1) is 11.3 Å². The molecule has 2 bridgehead atoms. The number of aliphatic hydroxyl groups excluding tert-OH is 1. The van der Waals surface area contributed by atoms with Gasteiger partial charge in [0.05, 0.1) is 30.8 Å². The van der Waals surface area contributed by atoms with E-state index in [1.165, 1.54) is 31.4 Å². The van der Waals surface area contributed by atoms with Gasteiger partial charge >= 0.3 is 0 Å². The summed E-state index contributed by atoms with van der Waals surface area (Å²) in [7, 11) is 0. The fourth-order valence-electron chi connectivity index (χ4n) is 5.25. The maximum atomic E-state index is 13.3. The summed E-state index contributed by atoms with van der Waals surface area (Å²) < 4.78 is 53.8. The zero-order valence-electron chi connectivity index (χ0n) is 24.8. The lowest BCUT2D eigenvalue weighted by molar-refractivity contribution is -0.126. The molecule has 2 atom stereocenters. The van der Waals surface area contributed by atoms with E-state index in [1.807, 2.05) is 0 Å². The highest BCUT2D eigenvalue weighted by atomic mass is 16.5. The molecule has 0 radical (unpaired) electrons. The van der Waals surface area contributed by atoms with E-state index in [-0.39, 0.29) is 11.0 Å². The lowest BCUT2D eigenvalue weighted by Crippen LogP contribution is -2.44. The second-order valence-corrected chi connectivity index (χ2v) is 9.69. The average molecular weight is 458 g/mol. The highest BCUT2D eigenvalue weighted by Gasteiger charge is 2.41. The largest absolute Gasteiger partial charge is 0.493 e. The molecule has 1 amide bonds. The molecule has 3 saturated carbocycles. The van der Waals surface area contributed by atoms with Crippen LogP contribution in [-0.4, -0.2) is 34.9 Å². The Balaban J connectivity index is 1.62. The first-order chi connectivity index (χ1) is 18.3. The predicted octanol–water partition coefficient (Wildman–Crippen LogP) is 4.74. The summed E-state index contributed by atoms with van der Waals surface area (Å²) in [4.78, 5) is 13.3. The Morgan fingerprint density at radius 1 is 1.09 bits per heavy atom. The van der Waals surface area contributed by atoms with Crippen LogP contribution in [0.1, 0.15) is 83.5 Å². The molecule has 0 saturated heterocycles. The normalized spacial score (nSPS) is 27.6. The van der Waals surface area contributed by atoms with Gasteiger partial charge in [-0.15, -0.1) is 0 Å². The van der Waals surface area contributed by atoms with Crippen LogP contribution in [-0.2, 0) is 4.79 Å². The van der Waals surface area contributed by atoms with Crippen molar-refractivity contribution in [1.82, 2.24) is 5.32 Å². The molecule has 3 aliphatic rings. The minimum absolute atomic E-state index is 0.0894. The van der Waals surface area contributed by atoms with E-state index in [4.69, 9.17) is 13.0 Å². The number of benzene rings is 2. The molecule has 0 aromatic heterocycles. The Hall–Kier alpha value is -2.37. The average Bonchev–Trinajstić information content (AvgIpc) is 2.91. The van der Waals surface area contributed by atoms with Crippen LogP contribution in [0.15, 0.2) is 54.6 Å². The van der Waals surface area contributed by atoms with Crippen molar-refractivity contribution in [2.75, 3.05) is 13.2 Å². The first-order valence-corrected chi connectivity index (χ1v) is 11.7. The van der Waals surface area contributed by atoms with Gasteiger partial charge in [-0.1, -0.05) is 42.5 Å². The van der Waals surface area contributed by atoms with Crippen molar-refractivity contribution >= 4 is 5.91 Å². The maximum absolute atomic E-state index is 13.3. The molecule has 178 valence electrons. The second kappa shape index (κ2) is 9.86. The molecule has 3 N–H and O–H groups in total. The molecule has 0 aliphatic heterocycles. The molecular weight excluding hydrogens is 414 g/mol. The molecular formula is C28H37NO4. The van der Waals surface area contributed by atoms with Gasteiger partial charge in [0.2, 0.25) is 5.91 Å². The quantitative estimate of drug-likeness (QED) is 0.508. The number of amides is 1. The number of ether oxygens (including phenoxy) is 1. The molecule has 0 heterocycles. The summed E-state index contributed by atoms with van der Waals surface area (Å²) in [6, 6.07) is 12.7. The summed E-state index contributed by atoms with van der Waals surface area (Å²) in [5, 5.41) is 23.7. The third-order valence-corrected chi connectivity index (χ3v) is 7.41. The summed E-state index contributed by atoms with van der Waals surface area (Å²) in [6.45, 7) is -6.79. The molecule has 2 aromatic carbocycles. The van der Waals surface area contributed by atoms with Crippen LogP contribution in [0.5, 0.6) is 5.75 Å². The van der Waals surface area contributed by atoms with E-state index in [0.29, 0.717) is 17.9 Å². The Bertz CT molecular complexity index is 1080. The Labute approximate surface area is 205 Å². The van der Waals surface area contributed by atoms with Gasteiger partial charge in [0.25, 0.3) is 0 Å². The van der Waals surface area contributed by atoms with E-state index in [1.54, 1.807) is 42.5 Å². The number of nitrogens with one attached hydrogen (secondary N) is 1. The van der Waals surface area contributed by atoms with Gasteiger partial charge in [-0.2, -0.15) is 0 Å². The Morgan fingerprint density at radius 2 is 1.73 bits per heavy atom. The third-order valence-electron chi connectivity index (χ3n) is 7.41. The van der Waals surface area contributed by atoms with Gasteiger partial charge < -0.3 is 20.3 Å². The van der Waals surface area contributed by atoms with Gasteiger partial charge in [0.15, 0.2) is 0 Å². The molecule has 5 heteroatoms. The number of fused-ring (bicyclic) bond motifs is 3. The van der Waals surface area contributed by atoms with Crippen LogP contribution in [0.25, 0.3) is 0 Å². The van der Waals surface area contributed by atoms with Crippen molar-refractivity contribution in [2.45, 2.75) is 69.8 Å². The predicted molar refractivity (Wildman–Crippen MR) is 129 cm³/mol. The minimum atomic E-state index is -3.38. The molecule has 5 nitrogen and oxygen atoms in total. The smallest absolute Gasteiger partial charge is 0.230 e. The van der Waals surface area contributed by atoms with E-state index in [0.717, 1.165) is 25.2 Å². The van der Waals surface area contributed by atoms with Crippen molar-refractivity contribution in [3.63, 3.8) is 0 Å². The molecule has 0 unspecified atom stereocenters. The highest BCUT2D eigenvalue weighted by molar-refractivity contribution is 5.84. The standard InChI is InChI=1S/C28H37NO4/c1-27(2,32)25(29-26(31)24(18-30)21-6-4-3-5-7-21)22-8-10-23(11-9-22)33-19-28-15-12-20(13-16-28)14-17-28/h3-11,20,24-25,30,32H,12-19H2,1-2H3,(H,29,31)/t20?,24-,25+,28?/m0/s1/i1D3,2D3. The van der Waals surface area contributed by atoms with Crippen LogP contribution in [0.2, 0.25) is 0 Å². The minimum Gasteiger partial charge on any atom is -0.493 e. The molecule has 3 fully saturated rings. The van der Waals surface area contributed by atoms with E-state index in [2.05, 4.69) is 5.32 Å². The van der Waals surface area contributed by atoms with Crippen LogP contribution < -0.4 is 10.1 Å². The molecule has 2 aromatic rings. The monoisotopic (exact) mass is 457 g/mol. The first-order valence-electron chi connectivity index (χ1n) is 14.7. The van der Waals surface area contributed by atoms with Crippen molar-refractivity contribution in [3.8, 4) is 5.75 Å². The summed E-state index contributed by atoms with van der Waals surface area (Å²) in [5.74, 6) is -0.540. The van der Waals surface area contributed by atoms with Crippen LogP contribution in [0.3, 0.4) is 0 Å². The zero-order valence-corrected chi connectivity index (χ0v) is 18.8. The zero-order chi connectivity index (χ0) is 28.5. The number of carbonyl (C=O) groups excluding carboxylic acids is 1. The van der Waals surface area contributed by atoms with Crippen molar-refractivity contribution in [2.24, 2.45) is 11.3 Å². The SMILES string of the molecule is [2H]C([2H])([2H])C(O)([C@H](NC(=O)[C@@H](CO)c1ccccc1)c1ccc(OCC23CCC(CC2)CC3)cc1)C([2H])([2H])[2H]. The molecule has 33 heavy (non-hydrogen) atoms. The molecule has 5 rings (SSSR count). The number of rotatable bonds is 9. The lowest BCUT2D eigenvalue weighted by atomic mass is 9.61. The summed E-state index contributed by atoms with van der Waals surface area (Å²) in [5.41, 5.74) is -2.59. The Kier molecular flexibility index (Phi) is 5.12. The van der Waals surface area contributed by atoms with Gasteiger partial charge in [0.1, 0.15) is 5.75 Å². The Morgan fingerprint density at radius 3 is 2.30 bits per heavy atom. The van der Waals surface area contributed by atoms with E-state index in [9.17, 15) is 15.0 Å². The lowest BCUT2D eigenvalue weighted by Gasteiger charge is -2.46. The summed E-state index contributed by atoms with van der Waals surface area (Å²) in [6.07, 6.45) is 7.10. The van der Waals surface area contributed by atoms with Crippen molar-refractivity contribution in [1.29, 1.82) is 0 Å². The first kappa shape index (κ1) is 17.1. The van der Waals surface area contributed by atoms with E-state index < -0.39 is 43.8 Å². The maximum Gasteiger partial charge on any atom is 0.230 e. The van der Waals surface area contributed by atoms with Gasteiger partial charge in [-0.25, -0.2) is 0 Å². The van der Waals surface area contributed by atoms with Gasteiger partial charge in [0, 0.05) is 13.6 Å². The summed E-state index contributed by atoms with van der Waals surface area (Å²) >= 11 is 0.